The molecule has 0 heterocycles. The van der Waals surface area contributed by atoms with Crippen molar-refractivity contribution in [3.8, 4) is 0 Å². The van der Waals surface area contributed by atoms with Crippen molar-refractivity contribution in [3.63, 3.8) is 0 Å². The highest BCUT2D eigenvalue weighted by Crippen LogP contribution is 2.57. The molecule has 0 saturated heterocycles. The van der Waals surface area contributed by atoms with Gasteiger partial charge in [0, 0.05) is 6.54 Å². The fourth-order valence-corrected chi connectivity index (χ4v) is 8.91. The Labute approximate surface area is 205 Å². The quantitative estimate of drug-likeness (QED) is 0.101. The monoisotopic (exact) mass is 478 g/mol. The van der Waals surface area contributed by atoms with Gasteiger partial charge in [0.2, 0.25) is 0 Å². The second kappa shape index (κ2) is 26.9. The van der Waals surface area contributed by atoms with Gasteiger partial charge in [-0.25, -0.2) is 0 Å². The van der Waals surface area contributed by atoms with Crippen molar-refractivity contribution >= 4 is 19.8 Å². The largest absolute Gasteiger partial charge is 0.192 e. The normalized spacial score (nSPS) is 11.6. The van der Waals surface area contributed by atoms with Crippen LogP contribution in [0.3, 0.4) is 0 Å². The maximum absolute atomic E-state index is 4.25. The molecule has 0 radical (unpaired) electrons. The molecular weight excluding hydrogens is 417 g/mol. The van der Waals surface area contributed by atoms with Gasteiger partial charge >= 0.3 is 0 Å². The average molecular weight is 479 g/mol. The fraction of sp³-hybridized carbons (Fsp3) is 1.00. The topological polar surface area (TPSA) is 12.0 Å². The highest BCUT2D eigenvalue weighted by Gasteiger charge is 2.35. The smallest absolute Gasteiger partial charge is 0.0799 e. The zero-order valence-corrected chi connectivity index (χ0v) is 24.0. The van der Waals surface area contributed by atoms with Crippen molar-refractivity contribution in [2.24, 2.45) is 0 Å². The van der Waals surface area contributed by atoms with Crippen molar-refractivity contribution in [2.75, 3.05) is 25.0 Å². The second-order valence-corrected chi connectivity index (χ2v) is 13.8. The summed E-state index contributed by atoms with van der Waals surface area (Å²) < 4.78 is 0. The van der Waals surface area contributed by atoms with Crippen LogP contribution >= 0.6 is 19.8 Å². The zero-order chi connectivity index (χ0) is 22.2. The Hall–Kier alpha value is 0.680. The van der Waals surface area contributed by atoms with Crippen LogP contribution in [0.15, 0.2) is 0 Å². The van der Waals surface area contributed by atoms with Crippen LogP contribution in [0.1, 0.15) is 156 Å². The van der Waals surface area contributed by atoms with Crippen LogP contribution < -0.4 is 5.09 Å². The summed E-state index contributed by atoms with van der Waals surface area (Å²) in [6.45, 7) is 10.6. The molecule has 0 amide bonds. The first kappa shape index (κ1) is 33.9. The Morgan fingerprint density at radius 3 is 1.00 bits per heavy atom. The molecule has 0 aromatic rings. The fourth-order valence-electron chi connectivity index (χ4n) is 4.65. The molecule has 0 rings (SSSR count). The van der Waals surface area contributed by atoms with Gasteiger partial charge in [0.1, 0.15) is 0 Å². The lowest BCUT2D eigenvalue weighted by Crippen LogP contribution is -2.25. The van der Waals surface area contributed by atoms with Crippen LogP contribution in [0.5, 0.6) is 0 Å². The zero-order valence-electron chi connectivity index (χ0n) is 22.3. The van der Waals surface area contributed by atoms with Gasteiger partial charge in [-0.15, -0.1) is 12.4 Å². The van der Waals surface area contributed by atoms with E-state index in [0.717, 1.165) is 0 Å². The maximum Gasteiger partial charge on any atom is 0.0799 e. The molecule has 1 N–H and O–H groups in total. The average Bonchev–Trinajstić information content (AvgIpc) is 2.75. The lowest BCUT2D eigenvalue weighted by atomic mass is 10.1. The molecule has 190 valence electrons. The van der Waals surface area contributed by atoms with E-state index in [9.17, 15) is 0 Å². The maximum atomic E-state index is 4.25. The molecule has 0 spiro atoms. The third kappa shape index (κ3) is 22.2. The van der Waals surface area contributed by atoms with E-state index in [1.165, 1.54) is 153 Å². The Morgan fingerprint density at radius 2 is 0.677 bits per heavy atom. The van der Waals surface area contributed by atoms with Crippen LogP contribution in [0.4, 0.5) is 0 Å². The van der Waals surface area contributed by atoms with E-state index in [0.29, 0.717) is 0 Å². The van der Waals surface area contributed by atoms with Crippen molar-refractivity contribution < 1.29 is 0 Å². The van der Waals surface area contributed by atoms with Gasteiger partial charge in [0.05, 0.1) is 25.9 Å². The minimum atomic E-state index is -0.943. The summed E-state index contributed by atoms with van der Waals surface area (Å²) in [4.78, 5) is 0. The van der Waals surface area contributed by atoms with Gasteiger partial charge in [0.15, 0.2) is 0 Å². The molecule has 0 aliphatic carbocycles. The Kier molecular flexibility index (Phi) is 29.4. The Balaban J connectivity index is 0. The molecular formula is C28H62ClNP+. The minimum absolute atomic E-state index is 0. The Bertz CT molecular complexity index is 283. The second-order valence-electron chi connectivity index (χ2n) is 9.88. The van der Waals surface area contributed by atoms with Crippen LogP contribution in [-0.4, -0.2) is 25.0 Å². The highest BCUT2D eigenvalue weighted by molar-refractivity contribution is 7.74. The molecule has 0 saturated carbocycles. The van der Waals surface area contributed by atoms with E-state index in [2.05, 4.69) is 32.8 Å². The predicted molar refractivity (Wildman–Crippen MR) is 152 cm³/mol. The standard InChI is InChI=1S/C28H61NP.ClH/c1-5-9-13-16-19-22-26-30(29-25-12-8-4,27-23-20-17-14-10-6-2)28-24-21-18-15-11-7-3;/h29H,5-28H2,1-4H3;1H/q+1;. The summed E-state index contributed by atoms with van der Waals surface area (Å²) >= 11 is 0. The van der Waals surface area contributed by atoms with Crippen molar-refractivity contribution in [1.29, 1.82) is 0 Å². The first-order valence-corrected chi connectivity index (χ1v) is 16.7. The SMILES string of the molecule is CCCCCCCC[P+](CCCCCCCC)(CCCCCCCC)NCCCC.Cl. The van der Waals surface area contributed by atoms with Crippen molar-refractivity contribution in [1.82, 2.24) is 5.09 Å². The molecule has 0 atom stereocenters. The van der Waals surface area contributed by atoms with E-state index in [4.69, 9.17) is 0 Å². The molecule has 0 aliphatic rings. The number of hydrogen-bond acceptors (Lipinski definition) is 1. The van der Waals surface area contributed by atoms with Gasteiger partial charge in [-0.1, -0.05) is 111 Å². The molecule has 0 fully saturated rings. The van der Waals surface area contributed by atoms with E-state index in [1.807, 2.05) is 0 Å². The first-order valence-electron chi connectivity index (χ1n) is 14.4. The summed E-state index contributed by atoms with van der Waals surface area (Å²) in [7, 11) is -0.943. The van der Waals surface area contributed by atoms with Crippen molar-refractivity contribution in [3.05, 3.63) is 0 Å². The Morgan fingerprint density at radius 1 is 0.387 bits per heavy atom. The van der Waals surface area contributed by atoms with E-state index in [-0.39, 0.29) is 12.4 Å². The molecule has 1 nitrogen and oxygen atoms in total. The molecule has 0 aliphatic heterocycles. The van der Waals surface area contributed by atoms with Crippen molar-refractivity contribution in [2.45, 2.75) is 156 Å². The summed E-state index contributed by atoms with van der Waals surface area (Å²) in [6, 6.07) is 0. The summed E-state index contributed by atoms with van der Waals surface area (Å²) in [5.41, 5.74) is 0. The summed E-state index contributed by atoms with van der Waals surface area (Å²) in [5, 5.41) is 4.25. The number of rotatable bonds is 25. The van der Waals surface area contributed by atoms with E-state index < -0.39 is 7.41 Å². The first-order chi connectivity index (χ1) is 14.7. The number of unbranched alkanes of at least 4 members (excludes halogenated alkanes) is 16. The minimum Gasteiger partial charge on any atom is -0.192 e. The molecule has 0 bridgehead atoms. The van der Waals surface area contributed by atoms with Crippen LogP contribution in [0.25, 0.3) is 0 Å². The molecule has 0 unspecified atom stereocenters. The molecule has 0 aromatic carbocycles. The van der Waals surface area contributed by atoms with Crippen LogP contribution in [-0.2, 0) is 0 Å². The van der Waals surface area contributed by atoms with Gasteiger partial charge in [0.25, 0.3) is 0 Å². The summed E-state index contributed by atoms with van der Waals surface area (Å²) in [6.07, 6.45) is 33.4. The van der Waals surface area contributed by atoms with E-state index >= 15 is 0 Å². The lowest BCUT2D eigenvalue weighted by Gasteiger charge is -2.29. The van der Waals surface area contributed by atoms with Gasteiger partial charge < -0.3 is 0 Å². The molecule has 0 aromatic heterocycles. The number of nitrogens with one attached hydrogen (secondary N) is 1. The van der Waals surface area contributed by atoms with Gasteiger partial charge in [-0.2, -0.15) is 5.09 Å². The third-order valence-electron chi connectivity index (χ3n) is 6.80. The molecule has 31 heavy (non-hydrogen) atoms. The molecule has 3 heteroatoms. The summed E-state index contributed by atoms with van der Waals surface area (Å²) in [5.74, 6) is 0. The third-order valence-corrected chi connectivity index (χ3v) is 11.2. The van der Waals surface area contributed by atoms with Gasteiger partial charge in [-0.3, -0.25) is 0 Å². The number of halogens is 1. The predicted octanol–water partition coefficient (Wildman–Crippen LogP) is 10.8. The highest BCUT2D eigenvalue weighted by atomic mass is 35.5. The van der Waals surface area contributed by atoms with Gasteiger partial charge in [-0.05, 0) is 44.9 Å². The van der Waals surface area contributed by atoms with Crippen LogP contribution in [0.2, 0.25) is 0 Å². The van der Waals surface area contributed by atoms with Crippen LogP contribution in [0, 0.1) is 0 Å². The van der Waals surface area contributed by atoms with E-state index in [1.54, 1.807) is 0 Å². The number of hydrogen-bond donors (Lipinski definition) is 1. The lowest BCUT2D eigenvalue weighted by molar-refractivity contribution is 0.612.